The van der Waals surface area contributed by atoms with Crippen molar-refractivity contribution in [3.63, 3.8) is 0 Å². The van der Waals surface area contributed by atoms with Gasteiger partial charge in [0.2, 0.25) is 0 Å². The molecule has 28 heavy (non-hydrogen) atoms. The molecule has 148 valence electrons. The summed E-state index contributed by atoms with van der Waals surface area (Å²) in [6.07, 6.45) is 1.03. The van der Waals surface area contributed by atoms with E-state index in [1.165, 1.54) is 11.3 Å². The molecule has 0 fully saturated rings. The Morgan fingerprint density at radius 1 is 1.14 bits per heavy atom. The third-order valence-electron chi connectivity index (χ3n) is 5.18. The summed E-state index contributed by atoms with van der Waals surface area (Å²) in [7, 11) is 6.05. The third kappa shape index (κ3) is 4.51. The van der Waals surface area contributed by atoms with Gasteiger partial charge in [-0.2, -0.15) is 0 Å². The van der Waals surface area contributed by atoms with Crippen molar-refractivity contribution in [1.29, 1.82) is 0 Å². The number of aryl methyl sites for hydroxylation is 1. The fourth-order valence-corrected chi connectivity index (χ4v) is 3.57. The first kappa shape index (κ1) is 19.9. The lowest BCUT2D eigenvalue weighted by atomic mass is 10.0. The number of hydrogen-bond acceptors (Lipinski definition) is 4. The summed E-state index contributed by atoms with van der Waals surface area (Å²) in [5, 5.41) is 5.41. The maximum absolute atomic E-state index is 12.3. The highest BCUT2D eigenvalue weighted by Crippen LogP contribution is 2.30. The highest BCUT2D eigenvalue weighted by molar-refractivity contribution is 6.39. The molecule has 2 amide bonds. The predicted molar refractivity (Wildman–Crippen MR) is 113 cm³/mol. The predicted octanol–water partition coefficient (Wildman–Crippen LogP) is 2.34. The molecule has 1 heterocycles. The smallest absolute Gasteiger partial charge is 0.313 e. The van der Waals surface area contributed by atoms with E-state index in [1.54, 1.807) is 6.07 Å². The van der Waals surface area contributed by atoms with E-state index in [9.17, 15) is 9.59 Å². The van der Waals surface area contributed by atoms with E-state index in [2.05, 4.69) is 45.7 Å². The minimum atomic E-state index is -0.654. The van der Waals surface area contributed by atoms with E-state index in [0.717, 1.165) is 24.1 Å². The number of benzene rings is 2. The molecule has 0 spiro atoms. The first-order chi connectivity index (χ1) is 13.3. The van der Waals surface area contributed by atoms with E-state index >= 15 is 0 Å². The van der Waals surface area contributed by atoms with Crippen LogP contribution in [0, 0.1) is 6.92 Å². The maximum atomic E-state index is 12.3. The molecule has 0 unspecified atom stereocenters. The van der Waals surface area contributed by atoms with Gasteiger partial charge in [0.1, 0.15) is 0 Å². The normalized spacial score (nSPS) is 14.0. The average molecular weight is 380 g/mol. The number of fused-ring (bicyclic) bond motifs is 1. The summed E-state index contributed by atoms with van der Waals surface area (Å²) in [6, 6.07) is 13.8. The molecular weight excluding hydrogens is 352 g/mol. The second-order valence-corrected chi connectivity index (χ2v) is 7.57. The Morgan fingerprint density at radius 3 is 2.64 bits per heavy atom. The number of anilines is 2. The third-order valence-corrected chi connectivity index (χ3v) is 5.18. The zero-order chi connectivity index (χ0) is 20.3. The first-order valence-electron chi connectivity index (χ1n) is 9.51. The zero-order valence-electron chi connectivity index (χ0n) is 17.0. The Kier molecular flexibility index (Phi) is 5.99. The number of rotatable bonds is 5. The number of carbonyl (C=O) groups excluding carboxylic acids is 2. The summed E-state index contributed by atoms with van der Waals surface area (Å²) in [6.45, 7) is 3.33. The molecule has 1 aliphatic rings. The summed E-state index contributed by atoms with van der Waals surface area (Å²) in [5.74, 6) is -1.28. The Balaban J connectivity index is 1.63. The molecule has 2 aromatic carbocycles. The van der Waals surface area contributed by atoms with Crippen LogP contribution >= 0.6 is 0 Å². The Labute approximate surface area is 166 Å². The van der Waals surface area contributed by atoms with Gasteiger partial charge in [0, 0.05) is 31.5 Å². The van der Waals surface area contributed by atoms with Crippen LogP contribution in [-0.2, 0) is 16.0 Å². The molecule has 0 aromatic heterocycles. The van der Waals surface area contributed by atoms with Crippen molar-refractivity contribution in [1.82, 2.24) is 10.2 Å². The molecule has 1 aliphatic heterocycles. The van der Waals surface area contributed by atoms with Gasteiger partial charge in [-0.3, -0.25) is 9.59 Å². The van der Waals surface area contributed by atoms with Crippen molar-refractivity contribution in [2.45, 2.75) is 19.4 Å². The molecule has 0 radical (unpaired) electrons. The average Bonchev–Trinajstić information content (AvgIpc) is 3.02. The van der Waals surface area contributed by atoms with E-state index in [0.29, 0.717) is 12.2 Å². The van der Waals surface area contributed by atoms with E-state index in [4.69, 9.17) is 0 Å². The highest BCUT2D eigenvalue weighted by atomic mass is 16.2. The maximum Gasteiger partial charge on any atom is 0.313 e. The number of carbonyl (C=O) groups is 2. The molecule has 0 saturated heterocycles. The van der Waals surface area contributed by atoms with Crippen LogP contribution in [0.25, 0.3) is 0 Å². The van der Waals surface area contributed by atoms with Crippen LogP contribution < -0.4 is 15.5 Å². The topological polar surface area (TPSA) is 64.7 Å². The Bertz CT molecular complexity index is 879. The minimum Gasteiger partial charge on any atom is -0.374 e. The van der Waals surface area contributed by atoms with E-state index in [-0.39, 0.29) is 6.04 Å². The van der Waals surface area contributed by atoms with Gasteiger partial charge >= 0.3 is 11.8 Å². The Hall–Kier alpha value is -2.86. The molecule has 3 rings (SSSR count). The number of nitrogens with one attached hydrogen (secondary N) is 2. The lowest BCUT2D eigenvalue weighted by Gasteiger charge is -2.26. The summed E-state index contributed by atoms with van der Waals surface area (Å²) >= 11 is 0. The van der Waals surface area contributed by atoms with Crippen molar-refractivity contribution >= 4 is 23.2 Å². The fraction of sp³-hybridized carbons (Fsp3) is 0.364. The lowest BCUT2D eigenvalue weighted by Crippen LogP contribution is -2.40. The largest absolute Gasteiger partial charge is 0.374 e. The molecule has 2 aromatic rings. The Morgan fingerprint density at radius 2 is 1.93 bits per heavy atom. The van der Waals surface area contributed by atoms with E-state index < -0.39 is 11.8 Å². The van der Waals surface area contributed by atoms with Crippen LogP contribution in [0.4, 0.5) is 11.4 Å². The van der Waals surface area contributed by atoms with Crippen LogP contribution in [0.3, 0.4) is 0 Å². The molecule has 0 bridgehead atoms. The SMILES string of the molecule is Cc1cccc(NC(=O)C(=O)NC[C@H](c2ccc3c(c2)CCN3C)N(C)C)c1. The van der Waals surface area contributed by atoms with Gasteiger partial charge in [-0.15, -0.1) is 0 Å². The van der Waals surface area contributed by atoms with Crippen LogP contribution in [0.15, 0.2) is 42.5 Å². The van der Waals surface area contributed by atoms with Crippen molar-refractivity contribution in [3.05, 3.63) is 59.2 Å². The van der Waals surface area contributed by atoms with Crippen molar-refractivity contribution in [3.8, 4) is 0 Å². The molecule has 0 saturated carbocycles. The number of hydrogen-bond donors (Lipinski definition) is 2. The van der Waals surface area contributed by atoms with Crippen LogP contribution in [-0.4, -0.2) is 50.9 Å². The number of amides is 2. The molecule has 6 heteroatoms. The molecule has 0 aliphatic carbocycles. The summed E-state index contributed by atoms with van der Waals surface area (Å²) < 4.78 is 0. The van der Waals surface area contributed by atoms with E-state index in [1.807, 2.05) is 39.2 Å². The summed E-state index contributed by atoms with van der Waals surface area (Å²) in [5.41, 5.74) is 5.37. The standard InChI is InChI=1S/C22H28N4O2/c1-15-6-5-7-18(12-15)24-22(28)21(27)23-14-20(25(2)3)16-8-9-19-17(13-16)10-11-26(19)4/h5-9,12-13,20H,10-11,14H2,1-4H3,(H,23,27)(H,24,28)/t20-/m1/s1. The van der Waals surface area contributed by atoms with Gasteiger partial charge in [0.05, 0.1) is 6.04 Å². The number of likely N-dealkylation sites (N-methyl/N-ethyl adjacent to an activating group) is 2. The van der Waals surface area contributed by atoms with Crippen LogP contribution in [0.2, 0.25) is 0 Å². The zero-order valence-corrected chi connectivity index (χ0v) is 17.0. The second kappa shape index (κ2) is 8.44. The van der Waals surface area contributed by atoms with Crippen molar-refractivity contribution < 1.29 is 9.59 Å². The van der Waals surface area contributed by atoms with Gasteiger partial charge in [-0.1, -0.05) is 24.3 Å². The molecular formula is C22H28N4O2. The second-order valence-electron chi connectivity index (χ2n) is 7.57. The lowest BCUT2D eigenvalue weighted by molar-refractivity contribution is -0.136. The van der Waals surface area contributed by atoms with Crippen molar-refractivity contribution in [2.75, 3.05) is 44.4 Å². The molecule has 1 atom stereocenters. The van der Waals surface area contributed by atoms with Gasteiger partial charge in [0.25, 0.3) is 0 Å². The number of nitrogens with zero attached hydrogens (tertiary/aromatic N) is 2. The quantitative estimate of drug-likeness (QED) is 0.782. The highest BCUT2D eigenvalue weighted by Gasteiger charge is 2.22. The van der Waals surface area contributed by atoms with Gasteiger partial charge in [-0.05, 0) is 62.3 Å². The molecule has 6 nitrogen and oxygen atoms in total. The van der Waals surface area contributed by atoms with Crippen LogP contribution in [0.1, 0.15) is 22.7 Å². The van der Waals surface area contributed by atoms with Gasteiger partial charge < -0.3 is 20.4 Å². The fourth-order valence-electron chi connectivity index (χ4n) is 3.57. The van der Waals surface area contributed by atoms with Gasteiger partial charge in [-0.25, -0.2) is 0 Å². The van der Waals surface area contributed by atoms with Crippen molar-refractivity contribution in [2.24, 2.45) is 0 Å². The summed E-state index contributed by atoms with van der Waals surface area (Å²) in [4.78, 5) is 28.8. The minimum absolute atomic E-state index is 0.00748. The van der Waals surface area contributed by atoms with Crippen LogP contribution in [0.5, 0.6) is 0 Å². The molecule has 2 N–H and O–H groups in total. The van der Waals surface area contributed by atoms with Gasteiger partial charge in [0.15, 0.2) is 0 Å². The monoisotopic (exact) mass is 380 g/mol. The first-order valence-corrected chi connectivity index (χ1v) is 9.51.